The van der Waals surface area contributed by atoms with Crippen molar-refractivity contribution in [3.05, 3.63) is 0 Å². The molecule has 4 nitrogen and oxygen atoms in total. The smallest absolute Gasteiger partial charge is 0.221 e. The number of hydrogen-bond donors (Lipinski definition) is 3. The minimum Gasteiger partial charge on any atom is -0.388 e. The van der Waals surface area contributed by atoms with Crippen LogP contribution in [0, 0.1) is 0 Å². The molecule has 1 heterocycles. The van der Waals surface area contributed by atoms with E-state index in [-0.39, 0.29) is 5.91 Å². The Morgan fingerprint density at radius 3 is 2.75 bits per heavy atom. The van der Waals surface area contributed by atoms with Gasteiger partial charge in [0.2, 0.25) is 5.91 Å². The zero-order valence-corrected chi connectivity index (χ0v) is 9.80. The zero-order valence-electron chi connectivity index (χ0n) is 9.80. The van der Waals surface area contributed by atoms with E-state index in [1.807, 2.05) is 0 Å². The molecule has 1 saturated carbocycles. The molecular formula is C12H22N2O2. The molecule has 92 valence electrons. The summed E-state index contributed by atoms with van der Waals surface area (Å²) in [7, 11) is 0. The van der Waals surface area contributed by atoms with Crippen LogP contribution in [0.25, 0.3) is 0 Å². The average Bonchev–Trinajstić information content (AvgIpc) is 2.88. The largest absolute Gasteiger partial charge is 0.388 e. The van der Waals surface area contributed by atoms with E-state index in [0.29, 0.717) is 19.0 Å². The molecule has 1 unspecified atom stereocenters. The fourth-order valence-electron chi connectivity index (χ4n) is 2.70. The molecule has 1 atom stereocenters. The lowest BCUT2D eigenvalue weighted by Gasteiger charge is -2.22. The molecule has 0 aromatic rings. The van der Waals surface area contributed by atoms with Crippen LogP contribution in [0.15, 0.2) is 0 Å². The van der Waals surface area contributed by atoms with E-state index in [9.17, 15) is 9.90 Å². The molecule has 2 fully saturated rings. The van der Waals surface area contributed by atoms with E-state index in [1.54, 1.807) is 0 Å². The maximum Gasteiger partial charge on any atom is 0.221 e. The van der Waals surface area contributed by atoms with Crippen LogP contribution in [0.2, 0.25) is 0 Å². The minimum atomic E-state index is -0.626. The molecule has 1 aliphatic carbocycles. The third-order valence-corrected chi connectivity index (χ3v) is 3.74. The monoisotopic (exact) mass is 226 g/mol. The first-order valence-corrected chi connectivity index (χ1v) is 6.40. The Balaban J connectivity index is 1.66. The zero-order chi connectivity index (χ0) is 11.4. The number of amides is 1. The minimum absolute atomic E-state index is 0.0692. The molecule has 3 N–H and O–H groups in total. The van der Waals surface area contributed by atoms with Crippen LogP contribution >= 0.6 is 0 Å². The number of hydrogen-bond acceptors (Lipinski definition) is 3. The van der Waals surface area contributed by atoms with Crippen molar-refractivity contribution in [2.75, 3.05) is 13.1 Å². The van der Waals surface area contributed by atoms with Gasteiger partial charge in [-0.2, -0.15) is 0 Å². The van der Waals surface area contributed by atoms with Crippen molar-refractivity contribution in [2.24, 2.45) is 0 Å². The summed E-state index contributed by atoms with van der Waals surface area (Å²) in [5.74, 6) is 0.0692. The maximum atomic E-state index is 11.6. The molecule has 4 heteroatoms. The van der Waals surface area contributed by atoms with Gasteiger partial charge in [0.1, 0.15) is 0 Å². The quantitative estimate of drug-likeness (QED) is 0.656. The summed E-state index contributed by atoms with van der Waals surface area (Å²) >= 11 is 0. The van der Waals surface area contributed by atoms with E-state index < -0.39 is 5.60 Å². The Hall–Kier alpha value is -0.610. The molecule has 0 aromatic carbocycles. The number of carbonyl (C=O) groups excluding carboxylic acids is 1. The van der Waals surface area contributed by atoms with Crippen LogP contribution in [0.5, 0.6) is 0 Å². The summed E-state index contributed by atoms with van der Waals surface area (Å²) in [5.41, 5.74) is -0.626. The van der Waals surface area contributed by atoms with Crippen LogP contribution in [-0.2, 0) is 4.79 Å². The van der Waals surface area contributed by atoms with Crippen LogP contribution in [-0.4, -0.2) is 35.7 Å². The highest BCUT2D eigenvalue weighted by molar-refractivity contribution is 5.76. The fourth-order valence-corrected chi connectivity index (χ4v) is 2.70. The third-order valence-electron chi connectivity index (χ3n) is 3.74. The van der Waals surface area contributed by atoms with Crippen molar-refractivity contribution >= 4 is 5.91 Å². The van der Waals surface area contributed by atoms with Crippen LogP contribution < -0.4 is 10.6 Å². The highest BCUT2D eigenvalue weighted by atomic mass is 16.3. The van der Waals surface area contributed by atoms with Gasteiger partial charge in [0.15, 0.2) is 0 Å². The number of nitrogens with one attached hydrogen (secondary N) is 2. The van der Waals surface area contributed by atoms with Crippen molar-refractivity contribution < 1.29 is 9.90 Å². The van der Waals surface area contributed by atoms with Gasteiger partial charge >= 0.3 is 0 Å². The Morgan fingerprint density at radius 2 is 2.12 bits per heavy atom. The highest BCUT2D eigenvalue weighted by Crippen LogP contribution is 2.28. The number of carbonyl (C=O) groups is 1. The Bertz CT molecular complexity index is 243. The lowest BCUT2D eigenvalue weighted by atomic mass is 10.0. The van der Waals surface area contributed by atoms with Gasteiger partial charge in [0.05, 0.1) is 5.60 Å². The average molecular weight is 226 g/mol. The van der Waals surface area contributed by atoms with Gasteiger partial charge in [0.25, 0.3) is 0 Å². The van der Waals surface area contributed by atoms with Crippen molar-refractivity contribution in [3.8, 4) is 0 Å². The first kappa shape index (κ1) is 11.9. The molecule has 2 aliphatic rings. The van der Waals surface area contributed by atoms with Gasteiger partial charge in [-0.1, -0.05) is 12.8 Å². The lowest BCUT2D eigenvalue weighted by Crippen LogP contribution is -2.42. The predicted molar refractivity (Wildman–Crippen MR) is 62.1 cm³/mol. The molecule has 1 saturated heterocycles. The SMILES string of the molecule is O=C(CC1CCCN1)NCC1(O)CCCC1. The second kappa shape index (κ2) is 5.15. The van der Waals surface area contributed by atoms with Gasteiger partial charge in [-0.3, -0.25) is 4.79 Å². The van der Waals surface area contributed by atoms with E-state index in [4.69, 9.17) is 0 Å². The van der Waals surface area contributed by atoms with Gasteiger partial charge in [0, 0.05) is 19.0 Å². The summed E-state index contributed by atoms with van der Waals surface area (Å²) < 4.78 is 0. The van der Waals surface area contributed by atoms with E-state index in [2.05, 4.69) is 10.6 Å². The highest BCUT2D eigenvalue weighted by Gasteiger charge is 2.31. The first-order valence-electron chi connectivity index (χ1n) is 6.40. The first-order chi connectivity index (χ1) is 7.68. The van der Waals surface area contributed by atoms with Crippen LogP contribution in [0.1, 0.15) is 44.9 Å². The van der Waals surface area contributed by atoms with Crippen molar-refractivity contribution in [1.29, 1.82) is 0 Å². The summed E-state index contributed by atoms with van der Waals surface area (Å²) in [4.78, 5) is 11.6. The van der Waals surface area contributed by atoms with Gasteiger partial charge < -0.3 is 15.7 Å². The molecule has 1 aliphatic heterocycles. The Kier molecular flexibility index (Phi) is 3.82. The summed E-state index contributed by atoms with van der Waals surface area (Å²) in [6, 6.07) is 0.346. The van der Waals surface area contributed by atoms with Crippen molar-refractivity contribution in [2.45, 2.75) is 56.6 Å². The second-order valence-corrected chi connectivity index (χ2v) is 5.21. The van der Waals surface area contributed by atoms with E-state index >= 15 is 0 Å². The fraction of sp³-hybridized carbons (Fsp3) is 0.917. The molecule has 1 amide bonds. The normalized spacial score (nSPS) is 28.2. The molecule has 0 aromatic heterocycles. The predicted octanol–water partition coefficient (Wildman–Crippen LogP) is 0.550. The molecular weight excluding hydrogens is 204 g/mol. The molecule has 16 heavy (non-hydrogen) atoms. The van der Waals surface area contributed by atoms with Gasteiger partial charge in [-0.05, 0) is 32.2 Å². The topological polar surface area (TPSA) is 61.4 Å². The van der Waals surface area contributed by atoms with Crippen molar-refractivity contribution in [3.63, 3.8) is 0 Å². The molecule has 0 radical (unpaired) electrons. The Morgan fingerprint density at radius 1 is 1.38 bits per heavy atom. The molecule has 2 rings (SSSR count). The van der Waals surface area contributed by atoms with Crippen molar-refractivity contribution in [1.82, 2.24) is 10.6 Å². The van der Waals surface area contributed by atoms with Crippen LogP contribution in [0.3, 0.4) is 0 Å². The molecule has 0 bridgehead atoms. The third kappa shape index (κ3) is 3.19. The lowest BCUT2D eigenvalue weighted by molar-refractivity contribution is -0.122. The van der Waals surface area contributed by atoms with Gasteiger partial charge in [-0.15, -0.1) is 0 Å². The van der Waals surface area contributed by atoms with E-state index in [1.165, 1.54) is 6.42 Å². The van der Waals surface area contributed by atoms with E-state index in [0.717, 1.165) is 38.6 Å². The maximum absolute atomic E-state index is 11.6. The summed E-state index contributed by atoms with van der Waals surface area (Å²) in [6.07, 6.45) is 6.63. The summed E-state index contributed by atoms with van der Waals surface area (Å²) in [5, 5.41) is 16.2. The van der Waals surface area contributed by atoms with Crippen LogP contribution in [0.4, 0.5) is 0 Å². The Labute approximate surface area is 96.8 Å². The number of aliphatic hydroxyl groups is 1. The second-order valence-electron chi connectivity index (χ2n) is 5.21. The van der Waals surface area contributed by atoms with Gasteiger partial charge in [-0.25, -0.2) is 0 Å². The standard InChI is InChI=1S/C12H22N2O2/c15-11(8-10-4-3-7-13-10)14-9-12(16)5-1-2-6-12/h10,13,16H,1-9H2,(H,14,15). The number of rotatable bonds is 4. The molecule has 0 spiro atoms. The summed E-state index contributed by atoms with van der Waals surface area (Å²) in [6.45, 7) is 1.46.